The number of benzene rings is 1. The summed E-state index contributed by atoms with van der Waals surface area (Å²) < 4.78 is 0.810. The molecule has 3 nitrogen and oxygen atoms in total. The van der Waals surface area contributed by atoms with E-state index in [1.54, 1.807) is 0 Å². The van der Waals surface area contributed by atoms with Crippen molar-refractivity contribution in [1.82, 2.24) is 5.32 Å². The highest BCUT2D eigenvalue weighted by Crippen LogP contribution is 2.18. The maximum atomic E-state index is 11.9. The number of aryl methyl sites for hydroxylation is 1. The van der Waals surface area contributed by atoms with Crippen molar-refractivity contribution in [3.8, 4) is 0 Å². The van der Waals surface area contributed by atoms with E-state index in [-0.39, 0.29) is 18.4 Å². The van der Waals surface area contributed by atoms with Crippen LogP contribution in [0.25, 0.3) is 0 Å². The van der Waals surface area contributed by atoms with Crippen LogP contribution in [0, 0.1) is 12.8 Å². The Hall–Kier alpha value is -0.870. The second-order valence-corrected chi connectivity index (χ2v) is 5.17. The van der Waals surface area contributed by atoms with E-state index in [0.29, 0.717) is 18.5 Å². The second kappa shape index (κ2) is 6.77. The van der Waals surface area contributed by atoms with Gasteiger partial charge in [-0.25, -0.2) is 0 Å². The van der Waals surface area contributed by atoms with Crippen LogP contribution < -0.4 is 5.32 Å². The summed E-state index contributed by atoms with van der Waals surface area (Å²) in [5.74, 6) is 0.204. The molecular weight excluding hydrogens is 282 g/mol. The largest absolute Gasteiger partial charge is 0.396 e. The third-order valence-electron chi connectivity index (χ3n) is 2.60. The number of carbonyl (C=O) groups is 1. The molecule has 4 heteroatoms. The highest BCUT2D eigenvalue weighted by atomic mass is 79.9. The third-order valence-corrected chi connectivity index (χ3v) is 3.26. The zero-order valence-corrected chi connectivity index (χ0v) is 11.8. The number of hydrogen-bond donors (Lipinski definition) is 2. The molecule has 1 aromatic carbocycles. The van der Waals surface area contributed by atoms with E-state index >= 15 is 0 Å². The molecule has 0 bridgehead atoms. The Kier molecular flexibility index (Phi) is 5.65. The van der Waals surface area contributed by atoms with E-state index in [2.05, 4.69) is 21.2 Å². The SMILES string of the molecule is Cc1ccc(C(=O)NCC(C)CCO)c(Br)c1. The number of amides is 1. The van der Waals surface area contributed by atoms with Gasteiger partial charge in [0.25, 0.3) is 5.91 Å². The highest BCUT2D eigenvalue weighted by molar-refractivity contribution is 9.10. The van der Waals surface area contributed by atoms with E-state index in [0.717, 1.165) is 10.0 Å². The van der Waals surface area contributed by atoms with Crippen LogP contribution in [-0.4, -0.2) is 24.2 Å². The molecule has 0 spiro atoms. The van der Waals surface area contributed by atoms with Gasteiger partial charge in [-0.2, -0.15) is 0 Å². The van der Waals surface area contributed by atoms with Crippen LogP contribution in [0.4, 0.5) is 0 Å². The van der Waals surface area contributed by atoms with Crippen LogP contribution in [0.2, 0.25) is 0 Å². The lowest BCUT2D eigenvalue weighted by molar-refractivity contribution is 0.0944. The van der Waals surface area contributed by atoms with Gasteiger partial charge in [-0.15, -0.1) is 0 Å². The van der Waals surface area contributed by atoms with E-state index in [9.17, 15) is 4.79 Å². The normalized spacial score (nSPS) is 12.2. The van der Waals surface area contributed by atoms with Crippen molar-refractivity contribution in [2.75, 3.05) is 13.2 Å². The molecule has 1 unspecified atom stereocenters. The quantitative estimate of drug-likeness (QED) is 0.878. The van der Waals surface area contributed by atoms with Gasteiger partial charge in [0, 0.05) is 17.6 Å². The van der Waals surface area contributed by atoms with Gasteiger partial charge in [-0.3, -0.25) is 4.79 Å². The molecule has 1 atom stereocenters. The van der Waals surface area contributed by atoms with Crippen LogP contribution in [0.15, 0.2) is 22.7 Å². The predicted octanol–water partition coefficient (Wildman–Crippen LogP) is 2.51. The molecule has 0 aromatic heterocycles. The number of nitrogens with one attached hydrogen (secondary N) is 1. The number of rotatable bonds is 5. The molecule has 0 aliphatic rings. The molecule has 1 amide bonds. The Balaban J connectivity index is 2.58. The van der Waals surface area contributed by atoms with Crippen molar-refractivity contribution in [2.24, 2.45) is 5.92 Å². The van der Waals surface area contributed by atoms with Crippen LogP contribution in [0.3, 0.4) is 0 Å². The average molecular weight is 300 g/mol. The highest BCUT2D eigenvalue weighted by Gasteiger charge is 2.10. The zero-order valence-electron chi connectivity index (χ0n) is 10.2. The summed E-state index contributed by atoms with van der Waals surface area (Å²) in [6, 6.07) is 5.65. The Morgan fingerprint density at radius 2 is 2.24 bits per heavy atom. The average Bonchev–Trinajstić information content (AvgIpc) is 2.26. The van der Waals surface area contributed by atoms with Crippen molar-refractivity contribution in [1.29, 1.82) is 0 Å². The second-order valence-electron chi connectivity index (χ2n) is 4.31. The summed E-state index contributed by atoms with van der Waals surface area (Å²) in [4.78, 5) is 11.9. The zero-order chi connectivity index (χ0) is 12.8. The minimum absolute atomic E-state index is 0.0818. The fourth-order valence-electron chi connectivity index (χ4n) is 1.49. The van der Waals surface area contributed by atoms with Gasteiger partial charge in [-0.05, 0) is 52.9 Å². The molecule has 0 aliphatic heterocycles. The van der Waals surface area contributed by atoms with E-state index in [1.807, 2.05) is 32.0 Å². The van der Waals surface area contributed by atoms with Gasteiger partial charge in [0.15, 0.2) is 0 Å². The molecule has 0 fully saturated rings. The predicted molar refractivity (Wildman–Crippen MR) is 72.1 cm³/mol. The van der Waals surface area contributed by atoms with Crippen LogP contribution in [-0.2, 0) is 0 Å². The lowest BCUT2D eigenvalue weighted by Crippen LogP contribution is -2.28. The maximum absolute atomic E-state index is 11.9. The number of aliphatic hydroxyl groups is 1. The van der Waals surface area contributed by atoms with Gasteiger partial charge in [0.05, 0.1) is 5.56 Å². The fraction of sp³-hybridized carbons (Fsp3) is 0.462. The van der Waals surface area contributed by atoms with Crippen LogP contribution in [0.1, 0.15) is 29.3 Å². The molecule has 17 heavy (non-hydrogen) atoms. The fourth-order valence-corrected chi connectivity index (χ4v) is 2.16. The molecule has 0 heterocycles. The van der Waals surface area contributed by atoms with Gasteiger partial charge in [-0.1, -0.05) is 13.0 Å². The summed E-state index contributed by atoms with van der Waals surface area (Å²) in [6.45, 7) is 4.72. The van der Waals surface area contributed by atoms with E-state index < -0.39 is 0 Å². The van der Waals surface area contributed by atoms with Crippen molar-refractivity contribution < 1.29 is 9.90 Å². The minimum atomic E-state index is -0.0818. The first kappa shape index (κ1) is 14.2. The first-order valence-corrected chi connectivity index (χ1v) is 6.49. The molecule has 0 aliphatic carbocycles. The lowest BCUT2D eigenvalue weighted by Gasteiger charge is -2.12. The summed E-state index contributed by atoms with van der Waals surface area (Å²) >= 11 is 3.38. The monoisotopic (exact) mass is 299 g/mol. The molecule has 0 radical (unpaired) electrons. The molecule has 1 rings (SSSR count). The van der Waals surface area contributed by atoms with E-state index in [4.69, 9.17) is 5.11 Å². The first-order chi connectivity index (χ1) is 8.04. The summed E-state index contributed by atoms with van der Waals surface area (Å²) in [6.07, 6.45) is 0.704. The Labute approximate surface area is 110 Å². The minimum Gasteiger partial charge on any atom is -0.396 e. The van der Waals surface area contributed by atoms with Crippen molar-refractivity contribution in [2.45, 2.75) is 20.3 Å². The number of carbonyl (C=O) groups excluding carboxylic acids is 1. The third kappa shape index (κ3) is 4.48. The molecule has 0 saturated heterocycles. The van der Waals surface area contributed by atoms with Gasteiger partial charge in [0.1, 0.15) is 0 Å². The van der Waals surface area contributed by atoms with Crippen molar-refractivity contribution in [3.63, 3.8) is 0 Å². The molecule has 94 valence electrons. The standard InChI is InChI=1S/C13H18BrNO2/c1-9-3-4-11(12(14)7-9)13(17)15-8-10(2)5-6-16/h3-4,7,10,16H,5-6,8H2,1-2H3,(H,15,17). The Morgan fingerprint density at radius 1 is 1.53 bits per heavy atom. The Morgan fingerprint density at radius 3 is 2.82 bits per heavy atom. The number of hydrogen-bond acceptors (Lipinski definition) is 2. The summed E-state index contributed by atoms with van der Waals surface area (Å²) in [7, 11) is 0. The van der Waals surface area contributed by atoms with Gasteiger partial charge < -0.3 is 10.4 Å². The van der Waals surface area contributed by atoms with Crippen molar-refractivity contribution in [3.05, 3.63) is 33.8 Å². The van der Waals surface area contributed by atoms with Gasteiger partial charge in [0.2, 0.25) is 0 Å². The lowest BCUT2D eigenvalue weighted by atomic mass is 10.1. The van der Waals surface area contributed by atoms with Gasteiger partial charge >= 0.3 is 0 Å². The van der Waals surface area contributed by atoms with E-state index in [1.165, 1.54) is 0 Å². The molecule has 1 aromatic rings. The van der Waals surface area contributed by atoms with Crippen LogP contribution in [0.5, 0.6) is 0 Å². The number of aliphatic hydroxyl groups excluding tert-OH is 1. The molecule has 2 N–H and O–H groups in total. The summed E-state index contributed by atoms with van der Waals surface area (Å²) in [5, 5.41) is 11.6. The maximum Gasteiger partial charge on any atom is 0.252 e. The topological polar surface area (TPSA) is 49.3 Å². The Bertz CT molecular complexity index is 393. The summed E-state index contributed by atoms with van der Waals surface area (Å²) in [5.41, 5.74) is 1.76. The number of halogens is 1. The first-order valence-electron chi connectivity index (χ1n) is 5.69. The molecule has 0 saturated carbocycles. The van der Waals surface area contributed by atoms with Crippen molar-refractivity contribution >= 4 is 21.8 Å². The van der Waals surface area contributed by atoms with Crippen LogP contribution >= 0.6 is 15.9 Å². The molecular formula is C13H18BrNO2. The smallest absolute Gasteiger partial charge is 0.252 e.